The number of carbonyl (C=O) groups excluding carboxylic acids is 1. The molecule has 0 spiro atoms. The smallest absolute Gasteiger partial charge is 0.163 e. The predicted octanol–water partition coefficient (Wildman–Crippen LogP) is 3.49. The van der Waals surface area contributed by atoms with Gasteiger partial charge in [0.25, 0.3) is 0 Å². The van der Waals surface area contributed by atoms with Crippen LogP contribution in [0.5, 0.6) is 5.75 Å². The van der Waals surface area contributed by atoms with Gasteiger partial charge in [0.15, 0.2) is 5.78 Å². The van der Waals surface area contributed by atoms with Gasteiger partial charge in [-0.3, -0.25) is 4.79 Å². The number of hydrogen-bond donors (Lipinski definition) is 1. The maximum Gasteiger partial charge on any atom is 0.163 e. The van der Waals surface area contributed by atoms with Gasteiger partial charge in [0.1, 0.15) is 11.6 Å². The third-order valence-electron chi connectivity index (χ3n) is 2.69. The first-order chi connectivity index (χ1) is 8.43. The fraction of sp³-hybridized carbons (Fsp3) is 0.462. The van der Waals surface area contributed by atoms with Crippen molar-refractivity contribution >= 4 is 17.4 Å². The van der Waals surface area contributed by atoms with E-state index < -0.39 is 11.9 Å². The topological polar surface area (TPSA) is 52.3 Å². The van der Waals surface area contributed by atoms with Gasteiger partial charge in [-0.15, -0.1) is 0 Å². The lowest BCUT2D eigenvalue weighted by molar-refractivity contribution is 0.101. The quantitative estimate of drug-likeness (QED) is 0.836. The molecule has 0 aliphatic carbocycles. The van der Waals surface area contributed by atoms with Crippen molar-refractivity contribution in [2.45, 2.75) is 33.2 Å². The first kappa shape index (κ1) is 14.9. The molecule has 1 aromatic carbocycles. The molecule has 0 aliphatic heterocycles. The summed E-state index contributed by atoms with van der Waals surface area (Å²) in [5, 5.41) is -0.109. The molecule has 1 rings (SSSR count). The Morgan fingerprint density at radius 1 is 1.56 bits per heavy atom. The number of benzene rings is 1. The van der Waals surface area contributed by atoms with E-state index in [1.165, 1.54) is 13.0 Å². The normalized spacial score (nSPS) is 12.3. The van der Waals surface area contributed by atoms with E-state index in [0.29, 0.717) is 13.0 Å². The molecule has 0 radical (unpaired) electrons. The molecule has 0 fully saturated rings. The van der Waals surface area contributed by atoms with Crippen LogP contribution in [-0.4, -0.2) is 12.4 Å². The van der Waals surface area contributed by atoms with Gasteiger partial charge in [-0.1, -0.05) is 18.5 Å². The second kappa shape index (κ2) is 6.16. The number of ether oxygens (including phenoxy) is 1. The number of carbonyl (C=O) groups is 1. The summed E-state index contributed by atoms with van der Waals surface area (Å²) in [6.45, 7) is 5.30. The molecule has 5 heteroatoms. The number of halogens is 2. The highest BCUT2D eigenvalue weighted by Crippen LogP contribution is 2.36. The maximum absolute atomic E-state index is 14.1. The zero-order chi connectivity index (χ0) is 13.9. The number of ketones is 1. The van der Waals surface area contributed by atoms with Crippen LogP contribution in [0.25, 0.3) is 0 Å². The molecule has 2 N–H and O–H groups in total. The van der Waals surface area contributed by atoms with Gasteiger partial charge in [0, 0.05) is 11.6 Å². The minimum Gasteiger partial charge on any atom is -0.493 e. The molecule has 0 heterocycles. The standard InChI is InChI=1S/C13H17ClFNO2/c1-4-10(16)11-12(15)9(14)6-8(7(3)17)13(11)18-5-2/h6,10H,4-5,16H2,1-3H3. The van der Waals surface area contributed by atoms with Crippen LogP contribution in [0.1, 0.15) is 49.2 Å². The van der Waals surface area contributed by atoms with Crippen LogP contribution in [0.4, 0.5) is 4.39 Å². The second-order valence-electron chi connectivity index (χ2n) is 3.97. The van der Waals surface area contributed by atoms with Crippen molar-refractivity contribution in [3.8, 4) is 5.75 Å². The van der Waals surface area contributed by atoms with E-state index in [2.05, 4.69) is 0 Å². The lowest BCUT2D eigenvalue weighted by Gasteiger charge is -2.19. The Labute approximate surface area is 111 Å². The molecule has 0 aromatic heterocycles. The molecule has 0 aliphatic rings. The highest BCUT2D eigenvalue weighted by Gasteiger charge is 2.24. The van der Waals surface area contributed by atoms with Gasteiger partial charge in [-0.25, -0.2) is 4.39 Å². The Balaban J connectivity index is 3.57. The van der Waals surface area contributed by atoms with Crippen molar-refractivity contribution in [3.63, 3.8) is 0 Å². The molecule has 0 saturated carbocycles. The maximum atomic E-state index is 14.1. The molecule has 1 unspecified atom stereocenters. The summed E-state index contributed by atoms with van der Waals surface area (Å²) in [6, 6.07) is 0.735. The second-order valence-corrected chi connectivity index (χ2v) is 4.37. The Kier molecular flexibility index (Phi) is 5.11. The van der Waals surface area contributed by atoms with Crippen molar-refractivity contribution < 1.29 is 13.9 Å². The molecule has 3 nitrogen and oxygen atoms in total. The first-order valence-electron chi connectivity index (χ1n) is 5.85. The van der Waals surface area contributed by atoms with Crippen LogP contribution >= 0.6 is 11.6 Å². The molecule has 18 heavy (non-hydrogen) atoms. The van der Waals surface area contributed by atoms with E-state index >= 15 is 0 Å². The SMILES string of the molecule is CCOc1c(C(C)=O)cc(Cl)c(F)c1C(N)CC. The summed E-state index contributed by atoms with van der Waals surface area (Å²) in [6.07, 6.45) is 0.523. The lowest BCUT2D eigenvalue weighted by atomic mass is 9.98. The van der Waals surface area contributed by atoms with Gasteiger partial charge in [-0.05, 0) is 26.3 Å². The van der Waals surface area contributed by atoms with Crippen LogP contribution in [0, 0.1) is 5.82 Å². The summed E-state index contributed by atoms with van der Waals surface area (Å²) in [4.78, 5) is 11.6. The van der Waals surface area contributed by atoms with Gasteiger partial charge in [-0.2, -0.15) is 0 Å². The third-order valence-corrected chi connectivity index (χ3v) is 2.96. The first-order valence-corrected chi connectivity index (χ1v) is 6.22. The van der Waals surface area contributed by atoms with E-state index in [4.69, 9.17) is 22.1 Å². The van der Waals surface area contributed by atoms with Crippen molar-refractivity contribution in [1.29, 1.82) is 0 Å². The summed E-state index contributed by atoms with van der Waals surface area (Å²) in [5.41, 5.74) is 6.32. The fourth-order valence-electron chi connectivity index (χ4n) is 1.73. The van der Waals surface area contributed by atoms with Crippen LogP contribution in [0.3, 0.4) is 0 Å². The van der Waals surface area contributed by atoms with Crippen molar-refractivity contribution in [3.05, 3.63) is 28.0 Å². The minimum absolute atomic E-state index is 0.109. The summed E-state index contributed by atoms with van der Waals surface area (Å²) in [7, 11) is 0. The molecular formula is C13H17ClFNO2. The van der Waals surface area contributed by atoms with Gasteiger partial charge in [0.2, 0.25) is 0 Å². The van der Waals surface area contributed by atoms with E-state index in [-0.39, 0.29) is 27.7 Å². The Bertz CT molecular complexity index is 463. The van der Waals surface area contributed by atoms with Crippen LogP contribution < -0.4 is 10.5 Å². The Morgan fingerprint density at radius 3 is 2.61 bits per heavy atom. The van der Waals surface area contributed by atoms with E-state index in [0.717, 1.165) is 0 Å². The fourth-order valence-corrected chi connectivity index (χ4v) is 1.94. The summed E-state index contributed by atoms with van der Waals surface area (Å²) >= 11 is 5.80. The van der Waals surface area contributed by atoms with E-state index in [9.17, 15) is 9.18 Å². The van der Waals surface area contributed by atoms with E-state index in [1.54, 1.807) is 6.92 Å². The number of hydrogen-bond acceptors (Lipinski definition) is 3. The lowest BCUT2D eigenvalue weighted by Crippen LogP contribution is -2.16. The summed E-state index contributed by atoms with van der Waals surface area (Å²) in [5.74, 6) is -0.634. The Hall–Kier alpha value is -1.13. The average molecular weight is 274 g/mol. The third kappa shape index (κ3) is 2.82. The van der Waals surface area contributed by atoms with Gasteiger partial charge >= 0.3 is 0 Å². The van der Waals surface area contributed by atoms with Crippen molar-refractivity contribution in [2.24, 2.45) is 5.73 Å². The molecular weight excluding hydrogens is 257 g/mol. The highest BCUT2D eigenvalue weighted by molar-refractivity contribution is 6.31. The molecule has 0 saturated heterocycles. The molecule has 1 aromatic rings. The number of Topliss-reactive ketones (excluding diaryl/α,β-unsaturated/α-hetero) is 1. The van der Waals surface area contributed by atoms with Crippen LogP contribution in [0.2, 0.25) is 5.02 Å². The minimum atomic E-state index is -0.612. The molecule has 100 valence electrons. The van der Waals surface area contributed by atoms with Gasteiger partial charge < -0.3 is 10.5 Å². The molecule has 0 bridgehead atoms. The number of rotatable bonds is 5. The Morgan fingerprint density at radius 2 is 2.17 bits per heavy atom. The highest BCUT2D eigenvalue weighted by atomic mass is 35.5. The monoisotopic (exact) mass is 273 g/mol. The van der Waals surface area contributed by atoms with Crippen LogP contribution in [0.15, 0.2) is 6.07 Å². The van der Waals surface area contributed by atoms with Crippen LogP contribution in [-0.2, 0) is 0 Å². The molecule has 0 amide bonds. The zero-order valence-electron chi connectivity index (χ0n) is 10.7. The van der Waals surface area contributed by atoms with E-state index in [1.807, 2.05) is 6.92 Å². The predicted molar refractivity (Wildman–Crippen MR) is 69.8 cm³/mol. The van der Waals surface area contributed by atoms with Crippen molar-refractivity contribution in [1.82, 2.24) is 0 Å². The van der Waals surface area contributed by atoms with Crippen molar-refractivity contribution in [2.75, 3.05) is 6.61 Å². The largest absolute Gasteiger partial charge is 0.493 e. The van der Waals surface area contributed by atoms with Gasteiger partial charge in [0.05, 0.1) is 17.2 Å². The zero-order valence-corrected chi connectivity index (χ0v) is 11.5. The number of nitrogens with two attached hydrogens (primary N) is 1. The summed E-state index contributed by atoms with van der Waals surface area (Å²) < 4.78 is 19.5. The molecule has 1 atom stereocenters. The average Bonchev–Trinajstić information content (AvgIpc) is 2.33.